The molecule has 3 rings (SSSR count). The SMILES string of the molecule is CCNC(=NCc1ccccc1OC1CCCC1)NCC(C)(O)CN1CCOCC1. The summed E-state index contributed by atoms with van der Waals surface area (Å²) in [5, 5.41) is 17.4. The monoisotopic (exact) mass is 418 g/mol. The average Bonchev–Trinajstić information content (AvgIpc) is 3.25. The molecule has 168 valence electrons. The Labute approximate surface area is 180 Å². The molecule has 30 heavy (non-hydrogen) atoms. The maximum absolute atomic E-state index is 10.8. The van der Waals surface area contributed by atoms with Crippen LogP contribution in [0.3, 0.4) is 0 Å². The van der Waals surface area contributed by atoms with E-state index in [0.717, 1.165) is 57.0 Å². The largest absolute Gasteiger partial charge is 0.490 e. The number of aliphatic hydroxyl groups is 1. The van der Waals surface area contributed by atoms with Gasteiger partial charge in [0.25, 0.3) is 0 Å². The van der Waals surface area contributed by atoms with Crippen LogP contribution in [0.1, 0.15) is 45.1 Å². The fourth-order valence-electron chi connectivity index (χ4n) is 4.01. The molecule has 1 saturated heterocycles. The van der Waals surface area contributed by atoms with E-state index in [2.05, 4.69) is 21.6 Å². The first-order valence-electron chi connectivity index (χ1n) is 11.3. The Morgan fingerprint density at radius 1 is 1.23 bits per heavy atom. The van der Waals surface area contributed by atoms with Crippen LogP contribution in [0.15, 0.2) is 29.3 Å². The Hall–Kier alpha value is -1.83. The fraction of sp³-hybridized carbons (Fsp3) is 0.696. The summed E-state index contributed by atoms with van der Waals surface area (Å²) in [4.78, 5) is 6.98. The number of para-hydroxylation sites is 1. The first-order valence-corrected chi connectivity index (χ1v) is 11.3. The van der Waals surface area contributed by atoms with Crippen molar-refractivity contribution in [2.75, 3.05) is 45.9 Å². The average molecular weight is 419 g/mol. The number of aliphatic imine (C=N–C) groups is 1. The third-order valence-electron chi connectivity index (χ3n) is 5.62. The smallest absolute Gasteiger partial charge is 0.191 e. The molecule has 1 aromatic carbocycles. The van der Waals surface area contributed by atoms with Gasteiger partial charge in [-0.15, -0.1) is 0 Å². The van der Waals surface area contributed by atoms with Gasteiger partial charge in [0.1, 0.15) is 5.75 Å². The van der Waals surface area contributed by atoms with Crippen molar-refractivity contribution >= 4 is 5.96 Å². The highest BCUT2D eigenvalue weighted by molar-refractivity contribution is 5.79. The number of nitrogens with zero attached hydrogens (tertiary/aromatic N) is 2. The lowest BCUT2D eigenvalue weighted by Crippen LogP contribution is -2.52. The zero-order chi connectivity index (χ0) is 21.2. The van der Waals surface area contributed by atoms with Crippen LogP contribution in [0, 0.1) is 0 Å². The third-order valence-corrected chi connectivity index (χ3v) is 5.62. The first-order chi connectivity index (χ1) is 14.6. The molecule has 1 saturated carbocycles. The summed E-state index contributed by atoms with van der Waals surface area (Å²) >= 11 is 0. The van der Waals surface area contributed by atoms with E-state index in [1.807, 2.05) is 32.0 Å². The summed E-state index contributed by atoms with van der Waals surface area (Å²) in [5.41, 5.74) is 0.235. The van der Waals surface area contributed by atoms with Crippen molar-refractivity contribution in [3.8, 4) is 5.75 Å². The highest BCUT2D eigenvalue weighted by Crippen LogP contribution is 2.27. The molecule has 0 bridgehead atoms. The molecule has 1 heterocycles. The van der Waals surface area contributed by atoms with Gasteiger partial charge < -0.3 is 25.2 Å². The van der Waals surface area contributed by atoms with E-state index in [1.54, 1.807) is 0 Å². The summed E-state index contributed by atoms with van der Waals surface area (Å²) in [6.45, 7) is 9.43. The normalized spacial score (nSPS) is 20.7. The van der Waals surface area contributed by atoms with Crippen LogP contribution in [0.2, 0.25) is 0 Å². The Morgan fingerprint density at radius 3 is 2.70 bits per heavy atom. The quantitative estimate of drug-likeness (QED) is 0.421. The molecular formula is C23H38N4O3. The van der Waals surface area contributed by atoms with Gasteiger partial charge in [0.05, 0.1) is 31.5 Å². The van der Waals surface area contributed by atoms with Gasteiger partial charge in [0, 0.05) is 38.3 Å². The van der Waals surface area contributed by atoms with Gasteiger partial charge in [0.15, 0.2) is 5.96 Å². The van der Waals surface area contributed by atoms with Crippen LogP contribution in [-0.2, 0) is 11.3 Å². The minimum atomic E-state index is -0.850. The predicted molar refractivity (Wildman–Crippen MR) is 120 cm³/mol. The van der Waals surface area contributed by atoms with Crippen LogP contribution in [0.5, 0.6) is 5.75 Å². The second-order valence-corrected chi connectivity index (χ2v) is 8.57. The van der Waals surface area contributed by atoms with Crippen molar-refractivity contribution in [3.05, 3.63) is 29.8 Å². The fourth-order valence-corrected chi connectivity index (χ4v) is 4.01. The van der Waals surface area contributed by atoms with Crippen molar-refractivity contribution in [1.82, 2.24) is 15.5 Å². The lowest BCUT2D eigenvalue weighted by molar-refractivity contribution is -0.0201. The van der Waals surface area contributed by atoms with Crippen molar-refractivity contribution in [3.63, 3.8) is 0 Å². The third kappa shape index (κ3) is 7.45. The van der Waals surface area contributed by atoms with Crippen LogP contribution in [-0.4, -0.2) is 73.6 Å². The molecule has 2 aliphatic rings. The maximum Gasteiger partial charge on any atom is 0.191 e. The summed E-state index contributed by atoms with van der Waals surface area (Å²) < 4.78 is 11.6. The molecule has 1 aromatic rings. The summed E-state index contributed by atoms with van der Waals surface area (Å²) in [5.74, 6) is 1.64. The molecule has 3 N–H and O–H groups in total. The van der Waals surface area contributed by atoms with E-state index in [1.165, 1.54) is 12.8 Å². The van der Waals surface area contributed by atoms with E-state index in [-0.39, 0.29) is 0 Å². The van der Waals surface area contributed by atoms with Crippen LogP contribution < -0.4 is 15.4 Å². The predicted octanol–water partition coefficient (Wildman–Crippen LogP) is 2.15. The summed E-state index contributed by atoms with van der Waals surface area (Å²) in [6, 6.07) is 8.16. The van der Waals surface area contributed by atoms with Crippen molar-refractivity contribution in [2.24, 2.45) is 4.99 Å². The lowest BCUT2D eigenvalue weighted by Gasteiger charge is -2.34. The van der Waals surface area contributed by atoms with Gasteiger partial charge >= 0.3 is 0 Å². The van der Waals surface area contributed by atoms with E-state index in [4.69, 9.17) is 14.5 Å². The molecule has 2 fully saturated rings. The zero-order valence-corrected chi connectivity index (χ0v) is 18.5. The number of hydrogen-bond donors (Lipinski definition) is 3. The molecule has 7 heteroatoms. The van der Waals surface area contributed by atoms with Crippen molar-refractivity contribution in [1.29, 1.82) is 0 Å². The Bertz CT molecular complexity index is 668. The van der Waals surface area contributed by atoms with Gasteiger partial charge in [-0.05, 0) is 45.6 Å². The minimum Gasteiger partial charge on any atom is -0.490 e. The summed E-state index contributed by atoms with van der Waals surface area (Å²) in [7, 11) is 0. The highest BCUT2D eigenvalue weighted by atomic mass is 16.5. The Balaban J connectivity index is 1.56. The van der Waals surface area contributed by atoms with Crippen molar-refractivity contribution < 1.29 is 14.6 Å². The molecule has 0 radical (unpaired) electrons. The van der Waals surface area contributed by atoms with Crippen LogP contribution in [0.4, 0.5) is 0 Å². The van der Waals surface area contributed by atoms with Crippen LogP contribution >= 0.6 is 0 Å². The number of β-amino-alcohol motifs (C(OH)–C–C–N with tert-alkyl or cyclic N) is 1. The van der Waals surface area contributed by atoms with Crippen LogP contribution in [0.25, 0.3) is 0 Å². The second kappa shape index (κ2) is 11.5. The Morgan fingerprint density at radius 2 is 1.97 bits per heavy atom. The molecule has 1 unspecified atom stereocenters. The molecule has 0 amide bonds. The topological polar surface area (TPSA) is 78.4 Å². The van der Waals surface area contributed by atoms with E-state index in [9.17, 15) is 5.11 Å². The molecule has 7 nitrogen and oxygen atoms in total. The van der Waals surface area contributed by atoms with Crippen molar-refractivity contribution in [2.45, 2.75) is 57.8 Å². The number of rotatable bonds is 9. The van der Waals surface area contributed by atoms with Gasteiger partial charge in [-0.3, -0.25) is 4.90 Å². The number of benzene rings is 1. The standard InChI is InChI=1S/C23H38N4O3/c1-3-24-22(26-17-23(2,28)18-27-12-14-29-15-13-27)25-16-19-8-4-7-11-21(19)30-20-9-5-6-10-20/h4,7-8,11,20,28H,3,5-6,9-10,12-18H2,1-2H3,(H2,24,25,26). The van der Waals surface area contributed by atoms with Gasteiger partial charge in [-0.2, -0.15) is 0 Å². The molecule has 1 aliphatic heterocycles. The Kier molecular flexibility index (Phi) is 8.78. The maximum atomic E-state index is 10.8. The number of guanidine groups is 1. The number of nitrogens with one attached hydrogen (secondary N) is 2. The molecule has 0 spiro atoms. The van der Waals surface area contributed by atoms with E-state index >= 15 is 0 Å². The van der Waals surface area contributed by atoms with Gasteiger partial charge in [-0.1, -0.05) is 18.2 Å². The van der Waals surface area contributed by atoms with Gasteiger partial charge in [0.2, 0.25) is 0 Å². The van der Waals surface area contributed by atoms with E-state index < -0.39 is 5.60 Å². The first kappa shape index (κ1) is 22.8. The molecule has 1 atom stereocenters. The van der Waals surface area contributed by atoms with Gasteiger partial charge in [-0.25, -0.2) is 4.99 Å². The molecule has 0 aromatic heterocycles. The number of morpholine rings is 1. The minimum absolute atomic E-state index is 0.330. The second-order valence-electron chi connectivity index (χ2n) is 8.57. The number of hydrogen-bond acceptors (Lipinski definition) is 5. The molecular weight excluding hydrogens is 380 g/mol. The lowest BCUT2D eigenvalue weighted by atomic mass is 10.1. The van der Waals surface area contributed by atoms with E-state index in [0.29, 0.717) is 31.7 Å². The molecule has 1 aliphatic carbocycles. The highest BCUT2D eigenvalue weighted by Gasteiger charge is 2.25. The summed E-state index contributed by atoms with van der Waals surface area (Å²) in [6.07, 6.45) is 5.12. The number of ether oxygens (including phenoxy) is 2. The zero-order valence-electron chi connectivity index (χ0n) is 18.5.